The number of alkyl halides is 1. The van der Waals surface area contributed by atoms with Crippen molar-refractivity contribution < 1.29 is 0 Å². The van der Waals surface area contributed by atoms with E-state index in [1.807, 2.05) is 6.92 Å². The van der Waals surface area contributed by atoms with Gasteiger partial charge in [0.15, 0.2) is 5.82 Å². The fourth-order valence-corrected chi connectivity index (χ4v) is 2.28. The number of nitrogens with one attached hydrogen (secondary N) is 1. The minimum atomic E-state index is -0.0995. The van der Waals surface area contributed by atoms with Crippen LogP contribution >= 0.6 is 11.6 Å². The molecule has 1 aromatic heterocycles. The molecule has 1 heterocycles. The molecular weight excluding hydrogens is 210 g/mol. The van der Waals surface area contributed by atoms with Gasteiger partial charge in [-0.3, -0.25) is 5.10 Å². The van der Waals surface area contributed by atoms with Crippen LogP contribution < -0.4 is 0 Å². The summed E-state index contributed by atoms with van der Waals surface area (Å²) in [6, 6.07) is 0. The van der Waals surface area contributed by atoms with Crippen LogP contribution in [0.2, 0.25) is 0 Å². The Morgan fingerprint density at radius 2 is 2.00 bits per heavy atom. The van der Waals surface area contributed by atoms with Crippen molar-refractivity contribution in [2.45, 2.75) is 50.8 Å². The highest BCUT2D eigenvalue weighted by atomic mass is 35.5. The van der Waals surface area contributed by atoms with Gasteiger partial charge in [0.05, 0.1) is 5.38 Å². The fraction of sp³-hybridized carbons (Fsp3) is 0.818. The average Bonchev–Trinajstić information content (AvgIpc) is 2.68. The summed E-state index contributed by atoms with van der Waals surface area (Å²) in [7, 11) is 0. The molecule has 1 aliphatic rings. The summed E-state index contributed by atoms with van der Waals surface area (Å²) in [5, 5.41) is 7.07. The van der Waals surface area contributed by atoms with Crippen molar-refractivity contribution in [2.24, 2.45) is 5.92 Å². The molecule has 15 heavy (non-hydrogen) atoms. The fourth-order valence-electron chi connectivity index (χ4n) is 2.18. The van der Waals surface area contributed by atoms with Crippen LogP contribution in [0.25, 0.3) is 0 Å². The molecule has 0 spiro atoms. The largest absolute Gasteiger partial charge is 0.263 e. The Balaban J connectivity index is 2.03. The van der Waals surface area contributed by atoms with E-state index in [9.17, 15) is 0 Å². The Morgan fingerprint density at radius 1 is 1.33 bits per heavy atom. The summed E-state index contributed by atoms with van der Waals surface area (Å²) in [6.07, 6.45) is 5.06. The maximum Gasteiger partial charge on any atom is 0.168 e. The van der Waals surface area contributed by atoms with Gasteiger partial charge in [-0.2, -0.15) is 5.10 Å². The predicted molar refractivity (Wildman–Crippen MR) is 61.0 cm³/mol. The number of hydrogen-bond acceptors (Lipinski definition) is 2. The van der Waals surface area contributed by atoms with E-state index in [4.69, 9.17) is 11.6 Å². The average molecular weight is 228 g/mol. The van der Waals surface area contributed by atoms with E-state index in [2.05, 4.69) is 22.1 Å². The van der Waals surface area contributed by atoms with Crippen molar-refractivity contribution in [1.82, 2.24) is 15.2 Å². The highest BCUT2D eigenvalue weighted by Crippen LogP contribution is 2.34. The first-order chi connectivity index (χ1) is 7.16. The maximum atomic E-state index is 5.93. The molecule has 2 rings (SSSR count). The van der Waals surface area contributed by atoms with E-state index in [0.29, 0.717) is 5.92 Å². The van der Waals surface area contributed by atoms with Gasteiger partial charge in [0, 0.05) is 5.92 Å². The highest BCUT2D eigenvalue weighted by Gasteiger charge is 2.23. The number of hydrogen-bond donors (Lipinski definition) is 1. The van der Waals surface area contributed by atoms with Gasteiger partial charge in [0.2, 0.25) is 0 Å². The van der Waals surface area contributed by atoms with Gasteiger partial charge in [0.25, 0.3) is 0 Å². The number of H-pyrrole nitrogens is 1. The summed E-state index contributed by atoms with van der Waals surface area (Å²) < 4.78 is 0. The summed E-state index contributed by atoms with van der Waals surface area (Å²) in [6.45, 7) is 4.22. The molecule has 0 aliphatic heterocycles. The van der Waals surface area contributed by atoms with E-state index in [0.717, 1.165) is 17.6 Å². The lowest BCUT2D eigenvalue weighted by atomic mass is 9.83. The minimum absolute atomic E-state index is 0.0995. The Labute approximate surface area is 95.6 Å². The van der Waals surface area contributed by atoms with Crippen molar-refractivity contribution >= 4 is 11.6 Å². The van der Waals surface area contributed by atoms with Crippen molar-refractivity contribution in [3.05, 3.63) is 11.6 Å². The van der Waals surface area contributed by atoms with Crippen LogP contribution in [0.4, 0.5) is 0 Å². The first-order valence-electron chi connectivity index (χ1n) is 5.73. The first kappa shape index (κ1) is 10.9. The third-order valence-corrected chi connectivity index (χ3v) is 3.47. The number of rotatable bonds is 2. The van der Waals surface area contributed by atoms with Crippen molar-refractivity contribution in [2.75, 3.05) is 0 Å². The first-order valence-corrected chi connectivity index (χ1v) is 6.16. The second kappa shape index (κ2) is 4.52. The third-order valence-electron chi connectivity index (χ3n) is 3.28. The molecule has 0 bridgehead atoms. The van der Waals surface area contributed by atoms with Crippen LogP contribution in [0.5, 0.6) is 0 Å². The Hall–Kier alpha value is -0.570. The maximum absolute atomic E-state index is 5.93. The molecule has 1 aromatic rings. The SMILES string of the molecule is CC1CCC(c2nc(C(C)Cl)n[nH]2)CC1. The van der Waals surface area contributed by atoms with Crippen LogP contribution in [-0.4, -0.2) is 15.2 Å². The molecule has 1 fully saturated rings. The molecule has 1 N–H and O–H groups in total. The standard InChI is InChI=1S/C11H18ClN3/c1-7-3-5-9(6-4-7)11-13-10(8(2)12)14-15-11/h7-9H,3-6H2,1-2H3,(H,13,14,15). The van der Waals surface area contributed by atoms with E-state index in [1.165, 1.54) is 25.7 Å². The molecule has 1 unspecified atom stereocenters. The van der Waals surface area contributed by atoms with Crippen LogP contribution in [-0.2, 0) is 0 Å². The smallest absolute Gasteiger partial charge is 0.168 e. The molecule has 0 radical (unpaired) electrons. The van der Waals surface area contributed by atoms with Crippen LogP contribution in [0, 0.1) is 5.92 Å². The monoisotopic (exact) mass is 227 g/mol. The Morgan fingerprint density at radius 3 is 2.53 bits per heavy atom. The summed E-state index contributed by atoms with van der Waals surface area (Å²) in [5.41, 5.74) is 0. The quantitative estimate of drug-likeness (QED) is 0.787. The van der Waals surface area contributed by atoms with E-state index >= 15 is 0 Å². The van der Waals surface area contributed by atoms with Crippen LogP contribution in [0.3, 0.4) is 0 Å². The lowest BCUT2D eigenvalue weighted by Gasteiger charge is -2.24. The Bertz CT molecular complexity index is 313. The van der Waals surface area contributed by atoms with Crippen LogP contribution in [0.15, 0.2) is 0 Å². The van der Waals surface area contributed by atoms with Gasteiger partial charge in [-0.05, 0) is 25.7 Å². The zero-order valence-electron chi connectivity index (χ0n) is 9.33. The molecule has 3 nitrogen and oxygen atoms in total. The second-order valence-corrected chi connectivity index (χ2v) is 5.31. The molecule has 1 atom stereocenters. The van der Waals surface area contributed by atoms with Crippen LogP contribution in [0.1, 0.15) is 62.5 Å². The molecule has 0 aromatic carbocycles. The molecule has 1 saturated carbocycles. The van der Waals surface area contributed by atoms with Gasteiger partial charge in [0.1, 0.15) is 5.82 Å². The van der Waals surface area contributed by atoms with Gasteiger partial charge in [-0.1, -0.05) is 19.8 Å². The number of aromatic amines is 1. The summed E-state index contributed by atoms with van der Waals surface area (Å²) in [5.74, 6) is 3.20. The van der Waals surface area contributed by atoms with Gasteiger partial charge >= 0.3 is 0 Å². The molecule has 4 heteroatoms. The van der Waals surface area contributed by atoms with Crippen molar-refractivity contribution in [3.63, 3.8) is 0 Å². The van der Waals surface area contributed by atoms with E-state index in [1.54, 1.807) is 0 Å². The third kappa shape index (κ3) is 2.51. The highest BCUT2D eigenvalue weighted by molar-refractivity contribution is 6.20. The molecule has 84 valence electrons. The zero-order valence-corrected chi connectivity index (χ0v) is 10.1. The van der Waals surface area contributed by atoms with E-state index in [-0.39, 0.29) is 5.38 Å². The van der Waals surface area contributed by atoms with Crippen molar-refractivity contribution in [3.8, 4) is 0 Å². The summed E-state index contributed by atoms with van der Waals surface area (Å²) >= 11 is 5.93. The lowest BCUT2D eigenvalue weighted by molar-refractivity contribution is 0.340. The predicted octanol–water partition coefficient (Wildman–Crippen LogP) is 3.40. The van der Waals surface area contributed by atoms with Gasteiger partial charge < -0.3 is 0 Å². The molecule has 0 saturated heterocycles. The normalized spacial score (nSPS) is 29.0. The topological polar surface area (TPSA) is 41.6 Å². The minimum Gasteiger partial charge on any atom is -0.263 e. The lowest BCUT2D eigenvalue weighted by Crippen LogP contribution is -2.12. The molecule has 1 aliphatic carbocycles. The second-order valence-electron chi connectivity index (χ2n) is 4.65. The molecular formula is C11H18ClN3. The Kier molecular flexibility index (Phi) is 3.29. The van der Waals surface area contributed by atoms with Crippen molar-refractivity contribution in [1.29, 1.82) is 0 Å². The molecule has 0 amide bonds. The van der Waals surface area contributed by atoms with E-state index < -0.39 is 0 Å². The summed E-state index contributed by atoms with van der Waals surface area (Å²) in [4.78, 5) is 4.46. The number of nitrogens with zero attached hydrogens (tertiary/aromatic N) is 2. The number of halogens is 1. The van der Waals surface area contributed by atoms with Gasteiger partial charge in [-0.25, -0.2) is 4.98 Å². The zero-order chi connectivity index (χ0) is 10.8. The van der Waals surface area contributed by atoms with Gasteiger partial charge in [-0.15, -0.1) is 11.6 Å². The number of aromatic nitrogens is 3.